The first-order valence-corrected chi connectivity index (χ1v) is 6.12. The summed E-state index contributed by atoms with van der Waals surface area (Å²) >= 11 is 0. The second-order valence-electron chi connectivity index (χ2n) is 5.07. The van der Waals surface area contributed by atoms with Gasteiger partial charge in [0, 0.05) is 46.3 Å². The third-order valence-corrected chi connectivity index (χ3v) is 3.43. The summed E-state index contributed by atoms with van der Waals surface area (Å²) in [5, 5.41) is 0. The molecule has 4 heteroatoms. The SMILES string of the molecule is CC(C)N1CCN(C(C)C(=O)N(C)C)CC1. The minimum Gasteiger partial charge on any atom is -0.347 e. The Kier molecular flexibility index (Phi) is 4.74. The quantitative estimate of drug-likeness (QED) is 0.702. The van der Waals surface area contributed by atoms with E-state index in [1.807, 2.05) is 21.0 Å². The minimum absolute atomic E-state index is 0.0179. The van der Waals surface area contributed by atoms with Gasteiger partial charge in [-0.1, -0.05) is 0 Å². The summed E-state index contributed by atoms with van der Waals surface area (Å²) in [4.78, 5) is 18.2. The largest absolute Gasteiger partial charge is 0.347 e. The van der Waals surface area contributed by atoms with Crippen molar-refractivity contribution in [3.63, 3.8) is 0 Å². The number of hydrogen-bond acceptors (Lipinski definition) is 3. The van der Waals surface area contributed by atoms with Crippen molar-refractivity contribution in [3.8, 4) is 0 Å². The predicted octanol–water partition coefficient (Wildman–Crippen LogP) is 0.489. The monoisotopic (exact) mass is 227 g/mol. The fourth-order valence-corrected chi connectivity index (χ4v) is 2.17. The fourth-order valence-electron chi connectivity index (χ4n) is 2.17. The van der Waals surface area contributed by atoms with Gasteiger partial charge in [0.15, 0.2) is 0 Å². The van der Waals surface area contributed by atoms with Crippen molar-refractivity contribution < 1.29 is 4.79 Å². The van der Waals surface area contributed by atoms with Crippen LogP contribution in [0.5, 0.6) is 0 Å². The van der Waals surface area contributed by atoms with Crippen LogP contribution in [0.2, 0.25) is 0 Å². The molecular formula is C12H25N3O. The fraction of sp³-hybridized carbons (Fsp3) is 0.917. The maximum Gasteiger partial charge on any atom is 0.239 e. The zero-order valence-corrected chi connectivity index (χ0v) is 11.2. The molecule has 4 nitrogen and oxygen atoms in total. The van der Waals surface area contributed by atoms with E-state index in [9.17, 15) is 4.79 Å². The number of amides is 1. The molecule has 1 aliphatic rings. The van der Waals surface area contributed by atoms with Crippen molar-refractivity contribution in [1.82, 2.24) is 14.7 Å². The normalized spacial score (nSPS) is 21.1. The maximum absolute atomic E-state index is 11.8. The van der Waals surface area contributed by atoms with Gasteiger partial charge < -0.3 is 4.90 Å². The van der Waals surface area contributed by atoms with Crippen LogP contribution in [0, 0.1) is 0 Å². The minimum atomic E-state index is 0.0179. The molecule has 1 rings (SSSR count). The van der Waals surface area contributed by atoms with Crippen LogP contribution in [0.25, 0.3) is 0 Å². The summed E-state index contributed by atoms with van der Waals surface area (Å²) < 4.78 is 0. The topological polar surface area (TPSA) is 26.8 Å². The Bertz CT molecular complexity index is 232. The molecule has 0 N–H and O–H groups in total. The number of hydrogen-bond donors (Lipinski definition) is 0. The van der Waals surface area contributed by atoms with Crippen molar-refractivity contribution in [2.24, 2.45) is 0 Å². The van der Waals surface area contributed by atoms with Crippen LogP contribution in [0.4, 0.5) is 0 Å². The van der Waals surface area contributed by atoms with Gasteiger partial charge in [0.05, 0.1) is 6.04 Å². The average molecular weight is 227 g/mol. The molecule has 1 saturated heterocycles. The molecule has 94 valence electrons. The van der Waals surface area contributed by atoms with Crippen molar-refractivity contribution in [2.45, 2.75) is 32.9 Å². The van der Waals surface area contributed by atoms with Gasteiger partial charge in [-0.2, -0.15) is 0 Å². The number of nitrogens with zero attached hydrogens (tertiary/aromatic N) is 3. The van der Waals surface area contributed by atoms with Crippen molar-refractivity contribution in [3.05, 3.63) is 0 Å². The standard InChI is InChI=1S/C12H25N3O/c1-10(2)14-6-8-15(9-7-14)11(3)12(16)13(4)5/h10-11H,6-9H2,1-5H3. The molecular weight excluding hydrogens is 202 g/mol. The van der Waals surface area contributed by atoms with Gasteiger partial charge in [0.2, 0.25) is 5.91 Å². The van der Waals surface area contributed by atoms with E-state index in [-0.39, 0.29) is 11.9 Å². The van der Waals surface area contributed by atoms with E-state index in [4.69, 9.17) is 0 Å². The molecule has 1 fully saturated rings. The molecule has 0 bridgehead atoms. The Hall–Kier alpha value is -0.610. The number of rotatable bonds is 3. The highest BCUT2D eigenvalue weighted by Crippen LogP contribution is 2.10. The van der Waals surface area contributed by atoms with Gasteiger partial charge in [-0.15, -0.1) is 0 Å². The molecule has 0 radical (unpaired) electrons. The van der Waals surface area contributed by atoms with Gasteiger partial charge in [-0.25, -0.2) is 0 Å². The highest BCUT2D eigenvalue weighted by molar-refractivity contribution is 5.80. The summed E-state index contributed by atoms with van der Waals surface area (Å²) in [7, 11) is 3.65. The van der Waals surface area contributed by atoms with Crippen LogP contribution in [0.3, 0.4) is 0 Å². The lowest BCUT2D eigenvalue weighted by atomic mass is 10.2. The molecule has 0 spiro atoms. The lowest BCUT2D eigenvalue weighted by molar-refractivity contribution is -0.134. The molecule has 1 aliphatic heterocycles. The molecule has 1 atom stereocenters. The summed E-state index contributed by atoms with van der Waals surface area (Å²) in [5.41, 5.74) is 0. The molecule has 0 saturated carbocycles. The molecule has 1 unspecified atom stereocenters. The number of carbonyl (C=O) groups is 1. The first-order chi connectivity index (χ1) is 7.43. The van der Waals surface area contributed by atoms with Crippen LogP contribution in [0.1, 0.15) is 20.8 Å². The third-order valence-electron chi connectivity index (χ3n) is 3.43. The van der Waals surface area contributed by atoms with Crippen molar-refractivity contribution >= 4 is 5.91 Å². The number of carbonyl (C=O) groups excluding carboxylic acids is 1. The first-order valence-electron chi connectivity index (χ1n) is 6.12. The summed E-state index contributed by atoms with van der Waals surface area (Å²) in [6.45, 7) is 10.6. The van der Waals surface area contributed by atoms with Gasteiger partial charge in [-0.05, 0) is 20.8 Å². The predicted molar refractivity (Wildman–Crippen MR) is 66.4 cm³/mol. The third kappa shape index (κ3) is 3.19. The Morgan fingerprint density at radius 3 is 1.81 bits per heavy atom. The molecule has 0 aliphatic carbocycles. The smallest absolute Gasteiger partial charge is 0.239 e. The molecule has 0 aromatic carbocycles. The average Bonchev–Trinajstić information content (AvgIpc) is 2.27. The van der Waals surface area contributed by atoms with E-state index < -0.39 is 0 Å². The number of piperazine rings is 1. The first kappa shape index (κ1) is 13.5. The Morgan fingerprint density at radius 1 is 1.00 bits per heavy atom. The highest BCUT2D eigenvalue weighted by Gasteiger charge is 2.26. The summed E-state index contributed by atoms with van der Waals surface area (Å²) in [6.07, 6.45) is 0. The zero-order valence-electron chi connectivity index (χ0n) is 11.2. The van der Waals surface area contributed by atoms with Gasteiger partial charge in [0.1, 0.15) is 0 Å². The molecule has 1 amide bonds. The second-order valence-corrected chi connectivity index (χ2v) is 5.07. The van der Waals surface area contributed by atoms with Crippen molar-refractivity contribution in [1.29, 1.82) is 0 Å². The molecule has 0 aromatic rings. The van der Waals surface area contributed by atoms with E-state index in [1.54, 1.807) is 4.90 Å². The summed E-state index contributed by atoms with van der Waals surface area (Å²) in [5.74, 6) is 0.206. The van der Waals surface area contributed by atoms with E-state index >= 15 is 0 Å². The summed E-state index contributed by atoms with van der Waals surface area (Å²) in [6, 6.07) is 0.631. The van der Waals surface area contributed by atoms with E-state index in [0.717, 1.165) is 26.2 Å². The molecule has 16 heavy (non-hydrogen) atoms. The van der Waals surface area contributed by atoms with E-state index in [0.29, 0.717) is 6.04 Å². The van der Waals surface area contributed by atoms with Crippen LogP contribution in [-0.2, 0) is 4.79 Å². The Balaban J connectivity index is 2.44. The Morgan fingerprint density at radius 2 is 1.44 bits per heavy atom. The molecule has 1 heterocycles. The lowest BCUT2D eigenvalue weighted by Crippen LogP contribution is -2.54. The van der Waals surface area contributed by atoms with Crippen LogP contribution >= 0.6 is 0 Å². The Labute approximate surface area is 99.2 Å². The highest BCUT2D eigenvalue weighted by atomic mass is 16.2. The van der Waals surface area contributed by atoms with Crippen LogP contribution in [0.15, 0.2) is 0 Å². The van der Waals surface area contributed by atoms with E-state index in [1.165, 1.54) is 0 Å². The van der Waals surface area contributed by atoms with Crippen molar-refractivity contribution in [2.75, 3.05) is 40.3 Å². The lowest BCUT2D eigenvalue weighted by Gasteiger charge is -2.39. The van der Waals surface area contributed by atoms with Gasteiger partial charge in [0.25, 0.3) is 0 Å². The van der Waals surface area contributed by atoms with Crippen LogP contribution in [-0.4, -0.2) is 73.0 Å². The second kappa shape index (κ2) is 5.64. The maximum atomic E-state index is 11.8. The van der Waals surface area contributed by atoms with Crippen LogP contribution < -0.4 is 0 Å². The number of likely N-dealkylation sites (N-methyl/N-ethyl adjacent to an activating group) is 1. The van der Waals surface area contributed by atoms with Gasteiger partial charge >= 0.3 is 0 Å². The van der Waals surface area contributed by atoms with Gasteiger partial charge in [-0.3, -0.25) is 14.6 Å². The van der Waals surface area contributed by atoms with E-state index in [2.05, 4.69) is 23.6 Å². The zero-order chi connectivity index (χ0) is 12.3. The molecule has 0 aromatic heterocycles.